The highest BCUT2D eigenvalue weighted by molar-refractivity contribution is 6.00. The first-order valence-electron chi connectivity index (χ1n) is 5.74. The Kier molecular flexibility index (Phi) is 3.61. The Hall–Kier alpha value is -2.63. The molecule has 1 aromatic carbocycles. The van der Waals surface area contributed by atoms with E-state index in [1.807, 2.05) is 24.3 Å². The number of aromatic nitrogens is 1. The number of amides is 2. The van der Waals surface area contributed by atoms with Gasteiger partial charge in [0.1, 0.15) is 6.54 Å². The molecule has 6 nitrogen and oxygen atoms in total. The van der Waals surface area contributed by atoms with Gasteiger partial charge in [-0.1, -0.05) is 18.2 Å². The van der Waals surface area contributed by atoms with Crippen LogP contribution >= 0.6 is 0 Å². The average Bonchev–Trinajstić information content (AvgIpc) is 2.67. The van der Waals surface area contributed by atoms with Gasteiger partial charge in [-0.25, -0.2) is 5.43 Å². The summed E-state index contributed by atoms with van der Waals surface area (Å²) in [6, 6.07) is 7.59. The van der Waals surface area contributed by atoms with Gasteiger partial charge in [-0.3, -0.25) is 9.59 Å². The number of para-hydroxylation sites is 1. The van der Waals surface area contributed by atoms with Gasteiger partial charge in [-0.15, -0.1) is 0 Å². The van der Waals surface area contributed by atoms with Crippen LogP contribution in [0.1, 0.15) is 12.5 Å². The fourth-order valence-electron chi connectivity index (χ4n) is 1.87. The fourth-order valence-corrected chi connectivity index (χ4v) is 1.87. The van der Waals surface area contributed by atoms with Crippen LogP contribution in [0.15, 0.2) is 35.6 Å². The highest BCUT2D eigenvalue weighted by Crippen LogP contribution is 2.19. The van der Waals surface area contributed by atoms with Crippen molar-refractivity contribution in [3.8, 4) is 0 Å². The topological polar surface area (TPSA) is 89.5 Å². The van der Waals surface area contributed by atoms with Gasteiger partial charge >= 0.3 is 0 Å². The maximum absolute atomic E-state index is 11.0. The molecule has 2 rings (SSSR count). The van der Waals surface area contributed by atoms with Crippen molar-refractivity contribution >= 4 is 28.9 Å². The summed E-state index contributed by atoms with van der Waals surface area (Å²) in [6.45, 7) is 1.49. The van der Waals surface area contributed by atoms with Crippen LogP contribution in [-0.2, 0) is 16.1 Å². The summed E-state index contributed by atoms with van der Waals surface area (Å²) in [7, 11) is 0. The van der Waals surface area contributed by atoms with Crippen LogP contribution in [0.2, 0.25) is 0 Å². The number of fused-ring (bicyclic) bond motifs is 1. The Balaban J connectivity index is 2.41. The molecule has 3 N–H and O–H groups in total. The lowest BCUT2D eigenvalue weighted by Crippen LogP contribution is -2.17. The molecule has 0 aliphatic heterocycles. The third-order valence-electron chi connectivity index (χ3n) is 2.57. The van der Waals surface area contributed by atoms with Crippen LogP contribution in [0.3, 0.4) is 0 Å². The van der Waals surface area contributed by atoms with Crippen molar-refractivity contribution in [1.29, 1.82) is 0 Å². The minimum atomic E-state index is -0.411. The van der Waals surface area contributed by atoms with Crippen LogP contribution in [0.5, 0.6) is 0 Å². The van der Waals surface area contributed by atoms with E-state index in [1.54, 1.807) is 17.0 Å². The molecular weight excluding hydrogens is 244 g/mol. The van der Waals surface area contributed by atoms with Gasteiger partial charge in [0.25, 0.3) is 0 Å². The van der Waals surface area contributed by atoms with Crippen LogP contribution < -0.4 is 11.2 Å². The third kappa shape index (κ3) is 2.98. The van der Waals surface area contributed by atoms with Gasteiger partial charge in [-0.05, 0) is 6.07 Å². The molecule has 0 spiro atoms. The van der Waals surface area contributed by atoms with Crippen LogP contribution in [-0.4, -0.2) is 22.6 Å². The smallest absolute Gasteiger partial charge is 0.237 e. The van der Waals surface area contributed by atoms with Gasteiger partial charge in [0.15, 0.2) is 0 Å². The van der Waals surface area contributed by atoms with E-state index in [0.717, 1.165) is 16.5 Å². The summed E-state index contributed by atoms with van der Waals surface area (Å²) >= 11 is 0. The third-order valence-corrected chi connectivity index (χ3v) is 2.57. The first-order chi connectivity index (χ1) is 9.08. The van der Waals surface area contributed by atoms with Crippen LogP contribution in [0.25, 0.3) is 10.9 Å². The number of carbonyl (C=O) groups excluding carboxylic acids is 2. The molecule has 0 bridgehead atoms. The van der Waals surface area contributed by atoms with Crippen molar-refractivity contribution in [3.63, 3.8) is 0 Å². The predicted molar refractivity (Wildman–Crippen MR) is 72.5 cm³/mol. The number of hydrogen-bond donors (Lipinski definition) is 2. The zero-order chi connectivity index (χ0) is 13.8. The molecule has 98 valence electrons. The van der Waals surface area contributed by atoms with Gasteiger partial charge < -0.3 is 10.3 Å². The Morgan fingerprint density at radius 2 is 2.16 bits per heavy atom. The summed E-state index contributed by atoms with van der Waals surface area (Å²) in [6.07, 6.45) is 3.32. The maximum atomic E-state index is 11.0. The Bertz CT molecular complexity index is 658. The van der Waals surface area contributed by atoms with E-state index in [2.05, 4.69) is 10.5 Å². The number of carbonyl (C=O) groups is 2. The highest BCUT2D eigenvalue weighted by atomic mass is 16.2. The molecule has 0 saturated heterocycles. The maximum Gasteiger partial charge on any atom is 0.237 e. The average molecular weight is 258 g/mol. The largest absolute Gasteiger partial charge is 0.368 e. The van der Waals surface area contributed by atoms with E-state index in [1.165, 1.54) is 6.92 Å². The Labute approximate surface area is 109 Å². The van der Waals surface area contributed by atoms with Gasteiger partial charge in [0, 0.05) is 29.6 Å². The van der Waals surface area contributed by atoms with Crippen molar-refractivity contribution < 1.29 is 9.59 Å². The number of benzene rings is 1. The summed E-state index contributed by atoms with van der Waals surface area (Å²) < 4.78 is 1.76. The minimum absolute atomic E-state index is 0.106. The summed E-state index contributed by atoms with van der Waals surface area (Å²) in [5.74, 6) is -0.650. The molecule has 0 radical (unpaired) electrons. The number of rotatable bonds is 4. The first kappa shape index (κ1) is 12.8. The molecule has 2 aromatic rings. The van der Waals surface area contributed by atoms with Crippen molar-refractivity contribution in [2.24, 2.45) is 10.8 Å². The number of hydrazone groups is 1. The van der Waals surface area contributed by atoms with E-state index in [0.29, 0.717) is 0 Å². The Morgan fingerprint density at radius 1 is 1.42 bits per heavy atom. The second-order valence-electron chi connectivity index (χ2n) is 4.12. The fraction of sp³-hybridized carbons (Fsp3) is 0.154. The van der Waals surface area contributed by atoms with Crippen molar-refractivity contribution in [3.05, 3.63) is 36.0 Å². The van der Waals surface area contributed by atoms with E-state index >= 15 is 0 Å². The Morgan fingerprint density at radius 3 is 2.84 bits per heavy atom. The quantitative estimate of drug-likeness (QED) is 0.621. The minimum Gasteiger partial charge on any atom is -0.368 e. The second-order valence-corrected chi connectivity index (χ2v) is 4.12. The van der Waals surface area contributed by atoms with E-state index in [-0.39, 0.29) is 12.5 Å². The number of nitrogens with zero attached hydrogens (tertiary/aromatic N) is 2. The normalized spacial score (nSPS) is 11.0. The van der Waals surface area contributed by atoms with Crippen molar-refractivity contribution in [2.75, 3.05) is 0 Å². The van der Waals surface area contributed by atoms with Crippen molar-refractivity contribution in [1.82, 2.24) is 9.99 Å². The summed E-state index contributed by atoms with van der Waals surface area (Å²) in [4.78, 5) is 21.8. The molecule has 1 heterocycles. The molecule has 0 aliphatic carbocycles. The molecule has 0 aliphatic rings. The lowest BCUT2D eigenvalue weighted by Gasteiger charge is -2.00. The molecule has 0 saturated carbocycles. The lowest BCUT2D eigenvalue weighted by atomic mass is 10.2. The predicted octanol–water partition coefficient (Wildman–Crippen LogP) is 0.597. The molecule has 19 heavy (non-hydrogen) atoms. The summed E-state index contributed by atoms with van der Waals surface area (Å²) in [5, 5.41) is 4.77. The number of nitrogens with two attached hydrogens (primary N) is 1. The molecule has 0 atom stereocenters. The number of nitrogens with one attached hydrogen (secondary N) is 1. The van der Waals surface area contributed by atoms with Crippen LogP contribution in [0, 0.1) is 0 Å². The molecule has 0 fully saturated rings. The molecule has 6 heteroatoms. The van der Waals surface area contributed by atoms with Crippen molar-refractivity contribution in [2.45, 2.75) is 13.5 Å². The van der Waals surface area contributed by atoms with Crippen LogP contribution in [0.4, 0.5) is 0 Å². The first-order valence-corrected chi connectivity index (χ1v) is 5.74. The van der Waals surface area contributed by atoms with E-state index < -0.39 is 5.91 Å². The summed E-state index contributed by atoms with van der Waals surface area (Å²) in [5.41, 5.74) is 9.26. The molecule has 2 amide bonds. The number of hydrogen-bond acceptors (Lipinski definition) is 3. The molecule has 1 aromatic heterocycles. The SMILES string of the molecule is CC(=O)NN=Cc1cn(CC(N)=O)c2ccccc12. The molecular formula is C13H14N4O2. The van der Waals surface area contributed by atoms with E-state index in [9.17, 15) is 9.59 Å². The lowest BCUT2D eigenvalue weighted by molar-refractivity contribution is -0.119. The van der Waals surface area contributed by atoms with Gasteiger partial charge in [0.05, 0.1) is 6.21 Å². The number of primary amides is 1. The van der Waals surface area contributed by atoms with Gasteiger partial charge in [0.2, 0.25) is 11.8 Å². The monoisotopic (exact) mass is 258 g/mol. The second kappa shape index (κ2) is 5.34. The van der Waals surface area contributed by atoms with E-state index in [4.69, 9.17) is 5.73 Å². The molecule has 0 unspecified atom stereocenters. The zero-order valence-corrected chi connectivity index (χ0v) is 10.5. The standard InChI is InChI=1S/C13H14N4O2/c1-9(18)16-15-6-10-7-17(8-13(14)19)12-5-3-2-4-11(10)12/h2-7H,8H2,1H3,(H2,14,19)(H,16,18). The zero-order valence-electron chi connectivity index (χ0n) is 10.5. The van der Waals surface area contributed by atoms with Gasteiger partial charge in [-0.2, -0.15) is 5.10 Å². The highest BCUT2D eigenvalue weighted by Gasteiger charge is 2.07.